The second kappa shape index (κ2) is 7.95. The minimum Gasteiger partial charge on any atom is -0.373 e. The molecule has 0 bridgehead atoms. The molecule has 2 aromatic rings. The largest absolute Gasteiger partial charge is 0.373 e. The summed E-state index contributed by atoms with van der Waals surface area (Å²) in [6, 6.07) is 1.83. The van der Waals surface area contributed by atoms with Gasteiger partial charge in [0.15, 0.2) is 0 Å². The van der Waals surface area contributed by atoms with Crippen LogP contribution < -0.4 is 0 Å². The molecule has 4 heteroatoms. The van der Waals surface area contributed by atoms with Crippen LogP contribution in [0.4, 0.5) is 0 Å². The molecule has 2 heterocycles. The molecule has 0 saturated heterocycles. The predicted molar refractivity (Wildman–Crippen MR) is 51.8 cm³/mol. The summed E-state index contributed by atoms with van der Waals surface area (Å²) in [6.07, 6.45) is 9.62. The summed E-state index contributed by atoms with van der Waals surface area (Å²) in [7, 11) is 0. The first-order chi connectivity index (χ1) is 6.38. The summed E-state index contributed by atoms with van der Waals surface area (Å²) in [5.74, 6) is 0. The van der Waals surface area contributed by atoms with Gasteiger partial charge >= 0.3 is 0 Å². The Balaban J connectivity index is 0.000000381. The molecule has 0 aliphatic rings. The van der Waals surface area contributed by atoms with Crippen LogP contribution in [0.1, 0.15) is 13.8 Å². The zero-order valence-corrected chi connectivity index (χ0v) is 11.1. The van der Waals surface area contributed by atoms with Gasteiger partial charge in [-0.15, -0.1) is 0 Å². The summed E-state index contributed by atoms with van der Waals surface area (Å²) >= 11 is 0. The van der Waals surface area contributed by atoms with Gasteiger partial charge in [-0.3, -0.25) is 4.98 Å². The van der Waals surface area contributed by atoms with Crippen molar-refractivity contribution < 1.29 is 32.7 Å². The van der Waals surface area contributed by atoms with Crippen LogP contribution in [-0.2, 0) is 32.7 Å². The van der Waals surface area contributed by atoms with E-state index in [2.05, 4.69) is 21.3 Å². The smallest absolute Gasteiger partial charge is 0.0219 e. The number of pyridine rings is 1. The molecule has 14 heavy (non-hydrogen) atoms. The molecule has 0 fully saturated rings. The Hall–Kier alpha value is -0.406. The van der Waals surface area contributed by atoms with E-state index >= 15 is 0 Å². The van der Waals surface area contributed by atoms with Crippen molar-refractivity contribution in [2.24, 2.45) is 0 Å². The molecule has 2 aromatic heterocycles. The van der Waals surface area contributed by atoms with Gasteiger partial charge in [-0.05, 0) is 5.52 Å². The Morgan fingerprint density at radius 3 is 2.64 bits per heavy atom. The number of aromatic nitrogens is 3. The topological polar surface area (TPSA) is 38.7 Å². The van der Waals surface area contributed by atoms with Crippen molar-refractivity contribution in [2.45, 2.75) is 13.8 Å². The number of fused-ring (bicyclic) bond motifs is 1. The summed E-state index contributed by atoms with van der Waals surface area (Å²) in [6.45, 7) is 4.00. The fraction of sp³-hybridized carbons (Fsp3) is 0.200. The normalized spacial score (nSPS) is 8.43. The van der Waals surface area contributed by atoms with Gasteiger partial charge in [-0.2, -0.15) is 13.8 Å². The molecule has 0 spiro atoms. The van der Waals surface area contributed by atoms with Gasteiger partial charge in [-0.1, -0.05) is 17.6 Å². The summed E-state index contributed by atoms with van der Waals surface area (Å²) in [4.78, 5) is 11.6. The van der Waals surface area contributed by atoms with Crippen molar-refractivity contribution in [3.05, 3.63) is 37.4 Å². The van der Waals surface area contributed by atoms with Crippen molar-refractivity contribution in [3.63, 3.8) is 0 Å². The standard InChI is InChI=1S/C7H4N3.C3H7.Y/c1-2-8-3-6-4-9-5-10-7(1)6;1-3-2;/h1-4H;3H,1-2H3;/q2*-1;. The Kier molecular flexibility index (Phi) is 7.72. The second-order valence-corrected chi connectivity index (χ2v) is 2.48. The van der Waals surface area contributed by atoms with E-state index in [-0.39, 0.29) is 32.7 Å². The minimum atomic E-state index is 0. The van der Waals surface area contributed by atoms with Gasteiger partial charge in [0.1, 0.15) is 0 Å². The molecule has 2 rings (SSSR count). The van der Waals surface area contributed by atoms with Gasteiger partial charge in [0.25, 0.3) is 0 Å². The molecule has 0 unspecified atom stereocenters. The molecule has 1 radical (unpaired) electrons. The van der Waals surface area contributed by atoms with Crippen molar-refractivity contribution in [1.82, 2.24) is 15.0 Å². The van der Waals surface area contributed by atoms with Crippen LogP contribution in [-0.4, -0.2) is 15.0 Å². The van der Waals surface area contributed by atoms with Crippen LogP contribution in [0, 0.1) is 12.7 Å². The molecule has 0 N–H and O–H groups in total. The van der Waals surface area contributed by atoms with E-state index in [1.807, 2.05) is 26.3 Å². The quantitative estimate of drug-likeness (QED) is 0.682. The third-order valence-electron chi connectivity index (χ3n) is 1.26. The number of hydrogen-bond donors (Lipinski definition) is 0. The van der Waals surface area contributed by atoms with Crippen LogP contribution in [0.15, 0.2) is 24.7 Å². The molecular formula is C10H11N3Y-2. The Morgan fingerprint density at radius 1 is 1.29 bits per heavy atom. The van der Waals surface area contributed by atoms with Gasteiger partial charge in [0.2, 0.25) is 0 Å². The first-order valence-corrected chi connectivity index (χ1v) is 4.05. The molecule has 71 valence electrons. The van der Waals surface area contributed by atoms with Crippen molar-refractivity contribution in [3.8, 4) is 0 Å². The van der Waals surface area contributed by atoms with E-state index in [1.165, 1.54) is 0 Å². The van der Waals surface area contributed by atoms with Crippen LogP contribution in [0.2, 0.25) is 0 Å². The maximum Gasteiger partial charge on any atom is 0.0219 e. The Labute approximate surface area is 109 Å². The number of hydrogen-bond acceptors (Lipinski definition) is 3. The molecule has 0 aromatic carbocycles. The van der Waals surface area contributed by atoms with Gasteiger partial charge in [0.05, 0.1) is 0 Å². The predicted octanol–water partition coefficient (Wildman–Crippen LogP) is 2.05. The summed E-state index contributed by atoms with van der Waals surface area (Å²) in [5, 5.41) is 0.946. The van der Waals surface area contributed by atoms with Crippen LogP contribution >= 0.6 is 0 Å². The molecule has 0 amide bonds. The second-order valence-electron chi connectivity index (χ2n) is 2.48. The van der Waals surface area contributed by atoms with Crippen molar-refractivity contribution in [1.29, 1.82) is 0 Å². The van der Waals surface area contributed by atoms with Crippen molar-refractivity contribution >= 4 is 10.9 Å². The zero-order chi connectivity index (χ0) is 9.52. The van der Waals surface area contributed by atoms with Gasteiger partial charge in [0, 0.05) is 51.4 Å². The molecule has 0 atom stereocenters. The monoisotopic (exact) mass is 262 g/mol. The van der Waals surface area contributed by atoms with E-state index < -0.39 is 0 Å². The van der Waals surface area contributed by atoms with Crippen LogP contribution in [0.25, 0.3) is 10.9 Å². The Morgan fingerprint density at radius 2 is 2.00 bits per heavy atom. The van der Waals surface area contributed by atoms with Gasteiger partial charge in [-0.25, -0.2) is 0 Å². The number of nitrogens with zero attached hydrogens (tertiary/aromatic N) is 3. The van der Waals surface area contributed by atoms with Gasteiger partial charge < -0.3 is 16.4 Å². The summed E-state index contributed by atoms with van der Waals surface area (Å²) in [5.41, 5.74) is 0.880. The van der Waals surface area contributed by atoms with E-state index in [4.69, 9.17) is 0 Å². The fourth-order valence-corrected chi connectivity index (χ4v) is 0.782. The SMILES string of the molecule is C[CH-]C.[Y].[c-]1ncc2cnccc2n1. The van der Waals surface area contributed by atoms with E-state index in [0.717, 1.165) is 10.9 Å². The average molecular weight is 262 g/mol. The maximum atomic E-state index is 3.92. The average Bonchev–Trinajstić information content (AvgIpc) is 2.19. The molecule has 0 saturated carbocycles. The maximum absolute atomic E-state index is 3.92. The Bertz CT molecular complexity index is 300. The zero-order valence-electron chi connectivity index (χ0n) is 8.31. The first-order valence-electron chi connectivity index (χ1n) is 4.05. The van der Waals surface area contributed by atoms with Crippen LogP contribution in [0.3, 0.4) is 0 Å². The third-order valence-corrected chi connectivity index (χ3v) is 1.26. The van der Waals surface area contributed by atoms with Crippen molar-refractivity contribution in [2.75, 3.05) is 0 Å². The van der Waals surface area contributed by atoms with E-state index in [1.54, 1.807) is 18.6 Å². The summed E-state index contributed by atoms with van der Waals surface area (Å²) < 4.78 is 0. The fourth-order valence-electron chi connectivity index (χ4n) is 0.782. The molecular weight excluding hydrogens is 251 g/mol. The minimum absolute atomic E-state index is 0. The first kappa shape index (κ1) is 13.6. The van der Waals surface area contributed by atoms with E-state index in [9.17, 15) is 0 Å². The molecule has 0 aliphatic heterocycles. The molecule has 0 aliphatic carbocycles. The van der Waals surface area contributed by atoms with Crippen LogP contribution in [0.5, 0.6) is 0 Å². The molecule has 3 nitrogen and oxygen atoms in total. The van der Waals surface area contributed by atoms with E-state index in [0.29, 0.717) is 0 Å². The number of rotatable bonds is 0. The third kappa shape index (κ3) is 4.20.